The monoisotopic (exact) mass is 914 g/mol. The van der Waals surface area contributed by atoms with Gasteiger partial charge in [0.25, 0.3) is 20.2 Å². The Bertz CT molecular complexity index is 3370. The molecule has 0 saturated heterocycles. The lowest BCUT2D eigenvalue weighted by Crippen LogP contribution is -2.25. The zero-order valence-corrected chi connectivity index (χ0v) is 34.5. The van der Waals surface area contributed by atoms with Crippen molar-refractivity contribution in [1.29, 1.82) is 0 Å². The smallest absolute Gasteiger partial charge is 0.339 e. The van der Waals surface area contributed by atoms with Crippen molar-refractivity contribution >= 4 is 101 Å². The number of rotatable bonds is 13. The largest absolute Gasteiger partial charge is 0.507 e. The summed E-state index contributed by atoms with van der Waals surface area (Å²) in [6, 6.07) is 29.0. The Kier molecular flexibility index (Phi) is 11.2. The van der Waals surface area contributed by atoms with Crippen molar-refractivity contribution in [2.45, 2.75) is 9.79 Å². The number of azo groups is 1. The van der Waals surface area contributed by atoms with Gasteiger partial charge in [-0.2, -0.15) is 42.0 Å². The van der Waals surface area contributed by atoms with Crippen LogP contribution in [-0.4, -0.2) is 68.6 Å². The van der Waals surface area contributed by atoms with Gasteiger partial charge in [0.1, 0.15) is 21.1 Å². The third-order valence-electron chi connectivity index (χ3n) is 9.54. The first-order valence-electron chi connectivity index (χ1n) is 18.6. The SMILES string of the molecule is Nc1c(S(=O)(=O)O)cc(Nc2ccc(Nc3nc(Nc4ccccc4)nc(Nc4ccc(/N=N/c5ccc(O)c(C(=O)O)c5)cc4)n3)c(S(=O)(=O)O)c2)c2c1C(=O)c1ccccc1C2=O. The maximum atomic E-state index is 13.8. The van der Waals surface area contributed by atoms with E-state index in [-0.39, 0.29) is 62.8 Å². The number of anilines is 9. The number of nitrogen functional groups attached to an aromatic ring is 1. The number of carbonyl (C=O) groups excluding carboxylic acids is 2. The molecule has 65 heavy (non-hydrogen) atoms. The van der Waals surface area contributed by atoms with Gasteiger partial charge in [-0.15, -0.1) is 0 Å². The van der Waals surface area contributed by atoms with E-state index in [1.54, 1.807) is 54.6 Å². The van der Waals surface area contributed by atoms with Crippen LogP contribution in [0, 0.1) is 0 Å². The number of carbonyl (C=O) groups is 3. The molecule has 0 fully saturated rings. The normalized spacial score (nSPS) is 12.3. The minimum atomic E-state index is -5.07. The molecule has 8 rings (SSSR count). The van der Waals surface area contributed by atoms with Crippen molar-refractivity contribution in [3.8, 4) is 5.75 Å². The lowest BCUT2D eigenvalue weighted by Gasteiger charge is -2.24. The second kappa shape index (κ2) is 16.9. The number of aromatic nitrogens is 3. The van der Waals surface area contributed by atoms with E-state index in [1.807, 2.05) is 0 Å². The molecule has 0 unspecified atom stereocenters. The lowest BCUT2D eigenvalue weighted by molar-refractivity contribution is 0.0693. The summed E-state index contributed by atoms with van der Waals surface area (Å²) < 4.78 is 71.1. The number of nitrogens with one attached hydrogen (secondary N) is 4. The number of para-hydroxylation sites is 1. The number of phenols is 1. The van der Waals surface area contributed by atoms with Gasteiger partial charge in [0.15, 0.2) is 11.6 Å². The van der Waals surface area contributed by atoms with Crippen LogP contribution in [0.3, 0.4) is 0 Å². The minimum Gasteiger partial charge on any atom is -0.507 e. The molecule has 1 aromatic heterocycles. The molecule has 23 heteroatoms. The summed E-state index contributed by atoms with van der Waals surface area (Å²) in [4.78, 5) is 50.3. The maximum Gasteiger partial charge on any atom is 0.339 e. The van der Waals surface area contributed by atoms with Gasteiger partial charge in [0.05, 0.1) is 39.6 Å². The number of hydrogen-bond acceptors (Lipinski definition) is 18. The van der Waals surface area contributed by atoms with E-state index in [1.165, 1.54) is 54.6 Å². The number of aromatic hydroxyl groups is 1. The summed E-state index contributed by atoms with van der Waals surface area (Å²) in [5, 5.41) is 38.7. The van der Waals surface area contributed by atoms with Gasteiger partial charge in [0.2, 0.25) is 17.8 Å². The second-order valence-electron chi connectivity index (χ2n) is 13.9. The fraction of sp³-hybridized carbons (Fsp3) is 0. The molecule has 0 amide bonds. The molecule has 1 aliphatic carbocycles. The number of carboxylic acid groups (broad SMARTS) is 1. The average Bonchev–Trinajstić information content (AvgIpc) is 3.26. The highest BCUT2D eigenvalue weighted by Gasteiger charge is 2.36. The predicted molar refractivity (Wildman–Crippen MR) is 235 cm³/mol. The summed E-state index contributed by atoms with van der Waals surface area (Å²) in [7, 11) is -10.1. The Balaban J connectivity index is 1.11. The highest BCUT2D eigenvalue weighted by Crippen LogP contribution is 2.41. The Morgan fingerprint density at radius 3 is 1.68 bits per heavy atom. The van der Waals surface area contributed by atoms with Crippen LogP contribution in [0.4, 0.5) is 63.3 Å². The molecule has 6 aromatic carbocycles. The minimum absolute atomic E-state index is 0.00788. The molecule has 0 bridgehead atoms. The number of fused-ring (bicyclic) bond motifs is 2. The average molecular weight is 915 g/mol. The molecular weight excluding hydrogens is 885 g/mol. The standard InChI is InChI=1S/C42H30N10O11S2/c43-36-33(65(61,62)63)20-30(34-35(36)38(55)27-9-5-4-8-26(27)37(34)54)44-24-14-16-29(32(19-24)64(58,59)60)47-42-49-40(45-21-6-2-1-3-7-21)48-41(50-42)46-22-10-12-23(13-11-22)51-52-25-15-17-31(53)28(18-25)39(56)57/h1-20,44,53H,43H2,(H,56,57)(H,58,59,60)(H,61,62,63)(H3,45,46,47,48,49,50)/b52-51+. The zero-order chi connectivity index (χ0) is 46.2. The van der Waals surface area contributed by atoms with Crippen LogP contribution in [0.5, 0.6) is 5.75 Å². The molecule has 7 aromatic rings. The van der Waals surface area contributed by atoms with Crippen molar-refractivity contribution in [3.05, 3.63) is 149 Å². The van der Waals surface area contributed by atoms with Crippen LogP contribution in [0.2, 0.25) is 0 Å². The first-order chi connectivity index (χ1) is 30.9. The fourth-order valence-corrected chi connectivity index (χ4v) is 7.93. The number of nitrogens with zero attached hydrogens (tertiary/aromatic N) is 5. The van der Waals surface area contributed by atoms with Crippen LogP contribution >= 0.6 is 0 Å². The summed E-state index contributed by atoms with van der Waals surface area (Å²) in [6.07, 6.45) is 0. The van der Waals surface area contributed by atoms with Crippen LogP contribution in [0.25, 0.3) is 0 Å². The van der Waals surface area contributed by atoms with E-state index in [2.05, 4.69) is 46.4 Å². The molecule has 0 radical (unpaired) electrons. The van der Waals surface area contributed by atoms with Gasteiger partial charge >= 0.3 is 5.97 Å². The van der Waals surface area contributed by atoms with Crippen LogP contribution < -0.4 is 27.0 Å². The highest BCUT2D eigenvalue weighted by atomic mass is 32.2. The van der Waals surface area contributed by atoms with Crippen LogP contribution in [0.15, 0.2) is 141 Å². The van der Waals surface area contributed by atoms with Gasteiger partial charge < -0.3 is 37.2 Å². The maximum absolute atomic E-state index is 13.8. The summed E-state index contributed by atoms with van der Waals surface area (Å²) in [5.41, 5.74) is 5.04. The molecule has 10 N–H and O–H groups in total. The van der Waals surface area contributed by atoms with Gasteiger partial charge in [-0.3, -0.25) is 18.7 Å². The van der Waals surface area contributed by atoms with Gasteiger partial charge in [-0.1, -0.05) is 42.5 Å². The lowest BCUT2D eigenvalue weighted by atomic mass is 9.82. The number of hydrogen-bond donors (Lipinski definition) is 9. The fourth-order valence-electron chi connectivity index (χ4n) is 6.61. The number of nitrogens with two attached hydrogens (primary N) is 1. The second-order valence-corrected chi connectivity index (χ2v) is 16.7. The van der Waals surface area contributed by atoms with Crippen LogP contribution in [-0.2, 0) is 20.2 Å². The quantitative estimate of drug-likeness (QED) is 0.0307. The number of aromatic carboxylic acids is 1. The molecule has 1 heterocycles. The van der Waals surface area contributed by atoms with E-state index in [4.69, 9.17) is 5.73 Å². The molecule has 0 saturated carbocycles. The molecule has 0 aliphatic heterocycles. The van der Waals surface area contributed by atoms with Crippen molar-refractivity contribution < 1.29 is 50.5 Å². The molecule has 326 valence electrons. The Morgan fingerprint density at radius 1 is 0.554 bits per heavy atom. The number of ketones is 2. The topological polar surface area (TPSA) is 338 Å². The number of benzene rings is 6. The van der Waals surface area contributed by atoms with Crippen molar-refractivity contribution in [1.82, 2.24) is 15.0 Å². The van der Waals surface area contributed by atoms with E-state index < -0.39 is 64.6 Å². The Labute approximate surface area is 367 Å². The van der Waals surface area contributed by atoms with Crippen LogP contribution in [0.1, 0.15) is 42.2 Å². The van der Waals surface area contributed by atoms with E-state index in [9.17, 15) is 50.5 Å². The molecule has 1 aliphatic rings. The summed E-state index contributed by atoms with van der Waals surface area (Å²) in [6.45, 7) is 0. The number of carboxylic acids is 1. The Morgan fingerprint density at radius 2 is 1.08 bits per heavy atom. The van der Waals surface area contributed by atoms with Gasteiger partial charge in [-0.05, 0) is 78.9 Å². The Hall–Kier alpha value is -8.64. The van der Waals surface area contributed by atoms with Crippen molar-refractivity contribution in [3.63, 3.8) is 0 Å². The van der Waals surface area contributed by atoms with E-state index in [0.717, 1.165) is 12.1 Å². The van der Waals surface area contributed by atoms with Crippen molar-refractivity contribution in [2.75, 3.05) is 27.0 Å². The summed E-state index contributed by atoms with van der Waals surface area (Å²) >= 11 is 0. The first kappa shape index (κ1) is 43.0. The zero-order valence-electron chi connectivity index (χ0n) is 32.8. The summed E-state index contributed by atoms with van der Waals surface area (Å²) in [5.74, 6) is -3.54. The molecule has 0 atom stereocenters. The third kappa shape index (κ3) is 9.13. The molecule has 0 spiro atoms. The molecule has 21 nitrogen and oxygen atoms in total. The van der Waals surface area contributed by atoms with Gasteiger partial charge in [0, 0.05) is 28.2 Å². The third-order valence-corrected chi connectivity index (χ3v) is 11.3. The van der Waals surface area contributed by atoms with E-state index in [0.29, 0.717) is 17.1 Å². The van der Waals surface area contributed by atoms with E-state index >= 15 is 0 Å². The first-order valence-corrected chi connectivity index (χ1v) is 21.5. The molecular formula is C42H30N10O11S2. The highest BCUT2D eigenvalue weighted by molar-refractivity contribution is 7.86. The van der Waals surface area contributed by atoms with Crippen molar-refractivity contribution in [2.24, 2.45) is 10.2 Å². The predicted octanol–water partition coefficient (Wildman–Crippen LogP) is 7.52. The van der Waals surface area contributed by atoms with Gasteiger partial charge in [-0.25, -0.2) is 4.79 Å².